The number of rotatable bonds is 4. The minimum Gasteiger partial charge on any atom is -0.311 e. The summed E-state index contributed by atoms with van der Waals surface area (Å²) >= 11 is 0. The zero-order valence-corrected chi connectivity index (χ0v) is 14.5. The van der Waals surface area contributed by atoms with E-state index in [9.17, 15) is 13.2 Å². The maximum atomic E-state index is 12.6. The first-order valence-electron chi connectivity index (χ1n) is 7.84. The fourth-order valence-corrected chi connectivity index (χ4v) is 4.46. The Labute approximate surface area is 142 Å². The average Bonchev–Trinajstić information content (AvgIpc) is 2.88. The van der Waals surface area contributed by atoms with Crippen molar-refractivity contribution in [3.05, 3.63) is 59.7 Å². The quantitative estimate of drug-likeness (QED) is 0.926. The summed E-state index contributed by atoms with van der Waals surface area (Å²) in [5.41, 5.74) is 2.46. The number of para-hydroxylation sites is 1. The van der Waals surface area contributed by atoms with Gasteiger partial charge in [0.1, 0.15) is 6.04 Å². The SMILES string of the molecule is Cc1ccc(S(=O)(=O)N[C@@H]2CCN(c3ccccc3)C2=O)c(C)c1. The molecule has 1 aliphatic heterocycles. The first-order chi connectivity index (χ1) is 11.4. The van der Waals surface area contributed by atoms with Gasteiger partial charge in [0.2, 0.25) is 15.9 Å². The number of benzene rings is 2. The molecule has 0 saturated carbocycles. The molecule has 5 nitrogen and oxygen atoms in total. The van der Waals surface area contributed by atoms with E-state index in [0.717, 1.165) is 11.3 Å². The maximum Gasteiger partial charge on any atom is 0.245 e. The molecule has 2 aromatic carbocycles. The van der Waals surface area contributed by atoms with Crippen molar-refractivity contribution in [3.63, 3.8) is 0 Å². The van der Waals surface area contributed by atoms with Gasteiger partial charge in [-0.15, -0.1) is 0 Å². The number of sulfonamides is 1. The topological polar surface area (TPSA) is 66.5 Å². The fourth-order valence-electron chi connectivity index (χ4n) is 3.01. The van der Waals surface area contributed by atoms with Gasteiger partial charge in [-0.1, -0.05) is 35.9 Å². The Balaban J connectivity index is 1.80. The lowest BCUT2D eigenvalue weighted by Crippen LogP contribution is -2.41. The van der Waals surface area contributed by atoms with E-state index in [0.29, 0.717) is 18.5 Å². The van der Waals surface area contributed by atoms with E-state index < -0.39 is 16.1 Å². The van der Waals surface area contributed by atoms with Crippen LogP contribution >= 0.6 is 0 Å². The third kappa shape index (κ3) is 3.20. The van der Waals surface area contributed by atoms with E-state index in [1.807, 2.05) is 43.3 Å². The van der Waals surface area contributed by atoms with Crippen LogP contribution < -0.4 is 9.62 Å². The molecule has 1 amide bonds. The summed E-state index contributed by atoms with van der Waals surface area (Å²) in [6.07, 6.45) is 0.456. The molecule has 1 aliphatic rings. The summed E-state index contributed by atoms with van der Waals surface area (Å²) in [6.45, 7) is 4.17. The molecule has 6 heteroatoms. The van der Waals surface area contributed by atoms with Crippen LogP contribution in [-0.2, 0) is 14.8 Å². The van der Waals surface area contributed by atoms with Crippen LogP contribution in [0.1, 0.15) is 17.5 Å². The van der Waals surface area contributed by atoms with Crippen LogP contribution in [0.25, 0.3) is 0 Å². The molecule has 0 aromatic heterocycles. The molecule has 0 radical (unpaired) electrons. The number of aryl methyl sites for hydroxylation is 2. The Kier molecular flexibility index (Phi) is 4.43. The fraction of sp³-hybridized carbons (Fsp3) is 0.278. The Morgan fingerprint density at radius 3 is 2.46 bits per heavy atom. The van der Waals surface area contributed by atoms with Gasteiger partial charge in [-0.3, -0.25) is 4.79 Å². The summed E-state index contributed by atoms with van der Waals surface area (Å²) in [5, 5.41) is 0. The van der Waals surface area contributed by atoms with Gasteiger partial charge in [0.25, 0.3) is 0 Å². The van der Waals surface area contributed by atoms with Crippen molar-refractivity contribution in [2.45, 2.75) is 31.2 Å². The molecular weight excluding hydrogens is 324 g/mol. The molecule has 2 aromatic rings. The lowest BCUT2D eigenvalue weighted by Gasteiger charge is -2.17. The van der Waals surface area contributed by atoms with Crippen LogP contribution in [0.5, 0.6) is 0 Å². The van der Waals surface area contributed by atoms with Gasteiger partial charge in [-0.05, 0) is 44.0 Å². The largest absolute Gasteiger partial charge is 0.311 e. The molecule has 1 atom stereocenters. The standard InChI is InChI=1S/C18H20N2O3S/c1-13-8-9-17(14(2)12-13)24(22,23)19-16-10-11-20(18(16)21)15-6-4-3-5-7-15/h3-9,12,16,19H,10-11H2,1-2H3/t16-/m1/s1. The van der Waals surface area contributed by atoms with Crippen molar-refractivity contribution < 1.29 is 13.2 Å². The average molecular weight is 344 g/mol. The minimum atomic E-state index is -3.73. The Bertz CT molecular complexity index is 863. The van der Waals surface area contributed by atoms with Crippen LogP contribution in [0.2, 0.25) is 0 Å². The van der Waals surface area contributed by atoms with Gasteiger partial charge in [0, 0.05) is 12.2 Å². The molecule has 0 bridgehead atoms. The predicted octanol–water partition coefficient (Wildman–Crippen LogP) is 2.39. The second kappa shape index (κ2) is 6.37. The molecule has 1 saturated heterocycles. The van der Waals surface area contributed by atoms with Gasteiger partial charge in [0.05, 0.1) is 4.90 Å². The summed E-state index contributed by atoms with van der Waals surface area (Å²) in [5.74, 6) is -0.213. The molecule has 0 spiro atoms. The molecule has 126 valence electrons. The zero-order valence-electron chi connectivity index (χ0n) is 13.7. The molecule has 1 fully saturated rings. The summed E-state index contributed by atoms with van der Waals surface area (Å²) in [4.78, 5) is 14.4. The van der Waals surface area contributed by atoms with Crippen molar-refractivity contribution in [2.24, 2.45) is 0 Å². The second-order valence-corrected chi connectivity index (χ2v) is 7.74. The van der Waals surface area contributed by atoms with Gasteiger partial charge in [-0.2, -0.15) is 4.72 Å². The summed E-state index contributed by atoms with van der Waals surface area (Å²) < 4.78 is 27.8. The lowest BCUT2D eigenvalue weighted by atomic mass is 10.2. The van der Waals surface area contributed by atoms with E-state index >= 15 is 0 Å². The normalized spacial score (nSPS) is 18.2. The Morgan fingerprint density at radius 2 is 1.79 bits per heavy atom. The van der Waals surface area contributed by atoms with Gasteiger partial charge < -0.3 is 4.90 Å². The number of hydrogen-bond donors (Lipinski definition) is 1. The summed E-state index contributed by atoms with van der Waals surface area (Å²) in [6, 6.07) is 13.7. The molecular formula is C18H20N2O3S. The van der Waals surface area contributed by atoms with Crippen molar-refractivity contribution in [2.75, 3.05) is 11.4 Å². The van der Waals surface area contributed by atoms with E-state index in [4.69, 9.17) is 0 Å². The number of hydrogen-bond acceptors (Lipinski definition) is 3. The van der Waals surface area contributed by atoms with Crippen molar-refractivity contribution in [1.29, 1.82) is 0 Å². The number of nitrogens with zero attached hydrogens (tertiary/aromatic N) is 1. The van der Waals surface area contributed by atoms with Gasteiger partial charge in [-0.25, -0.2) is 8.42 Å². The molecule has 24 heavy (non-hydrogen) atoms. The predicted molar refractivity (Wildman–Crippen MR) is 93.4 cm³/mol. The highest BCUT2D eigenvalue weighted by molar-refractivity contribution is 7.89. The number of carbonyl (C=O) groups excluding carboxylic acids is 1. The second-order valence-electron chi connectivity index (χ2n) is 6.06. The molecule has 1 N–H and O–H groups in total. The van der Waals surface area contributed by atoms with E-state index in [1.54, 1.807) is 24.0 Å². The lowest BCUT2D eigenvalue weighted by molar-refractivity contribution is -0.118. The monoisotopic (exact) mass is 344 g/mol. The number of anilines is 1. The number of amides is 1. The third-order valence-electron chi connectivity index (χ3n) is 4.19. The van der Waals surface area contributed by atoms with Crippen LogP contribution in [-0.4, -0.2) is 26.9 Å². The van der Waals surface area contributed by atoms with Gasteiger partial charge >= 0.3 is 0 Å². The molecule has 0 unspecified atom stereocenters. The number of nitrogens with one attached hydrogen (secondary N) is 1. The van der Waals surface area contributed by atoms with Crippen LogP contribution in [0.4, 0.5) is 5.69 Å². The van der Waals surface area contributed by atoms with Crippen LogP contribution in [0.3, 0.4) is 0 Å². The minimum absolute atomic E-state index is 0.213. The number of carbonyl (C=O) groups is 1. The highest BCUT2D eigenvalue weighted by Crippen LogP contribution is 2.23. The van der Waals surface area contributed by atoms with Crippen molar-refractivity contribution in [3.8, 4) is 0 Å². The highest BCUT2D eigenvalue weighted by Gasteiger charge is 2.35. The van der Waals surface area contributed by atoms with Crippen LogP contribution in [0, 0.1) is 13.8 Å². The zero-order chi connectivity index (χ0) is 17.3. The molecule has 1 heterocycles. The van der Waals surface area contributed by atoms with E-state index in [1.165, 1.54) is 0 Å². The Hall–Kier alpha value is -2.18. The van der Waals surface area contributed by atoms with Crippen molar-refractivity contribution in [1.82, 2.24) is 4.72 Å². The Morgan fingerprint density at radius 1 is 1.08 bits per heavy atom. The molecule has 0 aliphatic carbocycles. The van der Waals surface area contributed by atoms with Gasteiger partial charge in [0.15, 0.2) is 0 Å². The summed E-state index contributed by atoms with van der Waals surface area (Å²) in [7, 11) is -3.73. The van der Waals surface area contributed by atoms with Crippen molar-refractivity contribution >= 4 is 21.6 Å². The highest BCUT2D eigenvalue weighted by atomic mass is 32.2. The van der Waals surface area contributed by atoms with E-state index in [-0.39, 0.29) is 10.8 Å². The maximum absolute atomic E-state index is 12.6. The smallest absolute Gasteiger partial charge is 0.245 e. The third-order valence-corrected chi connectivity index (χ3v) is 5.82. The van der Waals surface area contributed by atoms with Crippen LogP contribution in [0.15, 0.2) is 53.4 Å². The first kappa shape index (κ1) is 16.7. The molecule has 3 rings (SSSR count). The van der Waals surface area contributed by atoms with E-state index in [2.05, 4.69) is 4.72 Å². The first-order valence-corrected chi connectivity index (χ1v) is 9.33.